The van der Waals surface area contributed by atoms with Gasteiger partial charge in [-0.25, -0.2) is 4.57 Å². The van der Waals surface area contributed by atoms with Crippen molar-refractivity contribution < 1.29 is 63.1 Å². The van der Waals surface area contributed by atoms with Gasteiger partial charge in [-0.3, -0.25) is 18.6 Å². The molecule has 0 aromatic heterocycles. The highest BCUT2D eigenvalue weighted by atomic mass is 31.2. The molecule has 0 aromatic rings. The van der Waals surface area contributed by atoms with Gasteiger partial charge >= 0.3 is 19.8 Å². The fourth-order valence-electron chi connectivity index (χ4n) is 7.73. The summed E-state index contributed by atoms with van der Waals surface area (Å²) in [5.74, 6) is -1.10. The minimum absolute atomic E-state index is 0.0907. The number of phosphoric acid groups is 1. The molecule has 13 nitrogen and oxygen atoms in total. The Morgan fingerprint density at radius 2 is 0.857 bits per heavy atom. The van der Waals surface area contributed by atoms with Crippen LogP contribution in [0.1, 0.15) is 219 Å². The molecule has 1 aliphatic rings. The number of phosphoric ester groups is 1. The predicted octanol–water partition coefficient (Wildman–Crippen LogP) is 10.4. The van der Waals surface area contributed by atoms with Crippen LogP contribution in [0.4, 0.5) is 0 Å². The van der Waals surface area contributed by atoms with Crippen molar-refractivity contribution in [3.05, 3.63) is 24.3 Å². The van der Waals surface area contributed by atoms with Crippen LogP contribution in [0.3, 0.4) is 0 Å². The van der Waals surface area contributed by atoms with Gasteiger partial charge in [0.15, 0.2) is 6.10 Å². The third-order valence-corrected chi connectivity index (χ3v) is 12.8. The zero-order valence-corrected chi connectivity index (χ0v) is 40.3. The zero-order chi connectivity index (χ0) is 46.4. The average Bonchev–Trinajstić information content (AvgIpc) is 3.26. The minimum atomic E-state index is -5.12. The average molecular weight is 919 g/mol. The first-order valence-corrected chi connectivity index (χ1v) is 26.6. The highest BCUT2D eigenvalue weighted by Crippen LogP contribution is 2.47. The molecule has 1 fully saturated rings. The first-order chi connectivity index (χ1) is 30.4. The van der Waals surface area contributed by atoms with E-state index in [0.29, 0.717) is 12.8 Å². The summed E-state index contributed by atoms with van der Waals surface area (Å²) in [5.41, 5.74) is 0. The first kappa shape index (κ1) is 59.3. The Morgan fingerprint density at radius 1 is 0.492 bits per heavy atom. The van der Waals surface area contributed by atoms with Gasteiger partial charge in [-0.05, 0) is 44.9 Å². The molecule has 1 aliphatic carbocycles. The summed E-state index contributed by atoms with van der Waals surface area (Å²) < 4.78 is 33.6. The molecule has 1 saturated carbocycles. The lowest BCUT2D eigenvalue weighted by Gasteiger charge is -2.41. The molecule has 6 unspecified atom stereocenters. The molecule has 0 aromatic carbocycles. The van der Waals surface area contributed by atoms with Crippen LogP contribution in [0.25, 0.3) is 0 Å². The lowest BCUT2D eigenvalue weighted by Crippen LogP contribution is -2.64. The van der Waals surface area contributed by atoms with Gasteiger partial charge in [0.25, 0.3) is 0 Å². The molecule has 0 spiro atoms. The largest absolute Gasteiger partial charge is 0.472 e. The summed E-state index contributed by atoms with van der Waals surface area (Å²) in [6, 6.07) is 0. The maximum atomic E-state index is 12.8. The Hall–Kier alpha value is -1.67. The molecule has 1 rings (SSSR count). The van der Waals surface area contributed by atoms with Crippen molar-refractivity contribution in [2.24, 2.45) is 0 Å². The number of unbranched alkanes of at least 4 members (excludes halogenated alkanes) is 26. The third-order valence-electron chi connectivity index (χ3n) is 11.8. The molecule has 0 heterocycles. The van der Waals surface area contributed by atoms with E-state index >= 15 is 0 Å². The molecule has 0 amide bonds. The summed E-state index contributed by atoms with van der Waals surface area (Å²) >= 11 is 0. The molecule has 0 aliphatic heterocycles. The molecule has 370 valence electrons. The Labute approximate surface area is 381 Å². The Bertz CT molecular complexity index is 1200. The maximum absolute atomic E-state index is 12.8. The van der Waals surface area contributed by atoms with Gasteiger partial charge in [0.05, 0.1) is 6.61 Å². The van der Waals surface area contributed by atoms with Gasteiger partial charge in [0.1, 0.15) is 43.2 Å². The number of rotatable bonds is 42. The van der Waals surface area contributed by atoms with Crippen molar-refractivity contribution in [1.29, 1.82) is 0 Å². The van der Waals surface area contributed by atoms with E-state index in [-0.39, 0.29) is 12.8 Å². The fourth-order valence-corrected chi connectivity index (χ4v) is 8.70. The van der Waals surface area contributed by atoms with E-state index in [0.717, 1.165) is 77.0 Å². The Balaban J connectivity index is 2.41. The molecule has 6 N–H and O–H groups in total. The van der Waals surface area contributed by atoms with Crippen LogP contribution in [-0.4, -0.2) is 98.3 Å². The van der Waals surface area contributed by atoms with Crippen molar-refractivity contribution in [2.45, 2.75) is 262 Å². The molecule has 0 radical (unpaired) electrons. The van der Waals surface area contributed by atoms with Crippen molar-refractivity contribution >= 4 is 19.8 Å². The van der Waals surface area contributed by atoms with Crippen LogP contribution in [0, 0.1) is 0 Å². The smallest absolute Gasteiger partial charge is 0.462 e. The number of ether oxygens (including phenoxy) is 2. The minimum Gasteiger partial charge on any atom is -0.462 e. The molecule has 14 heteroatoms. The Kier molecular flexibility index (Phi) is 37.2. The highest BCUT2D eigenvalue weighted by Gasteiger charge is 2.51. The second-order valence-corrected chi connectivity index (χ2v) is 19.1. The molecule has 0 bridgehead atoms. The van der Waals surface area contributed by atoms with Crippen LogP contribution < -0.4 is 0 Å². The van der Waals surface area contributed by atoms with E-state index in [2.05, 4.69) is 38.2 Å². The zero-order valence-electron chi connectivity index (χ0n) is 39.4. The fraction of sp³-hybridized carbons (Fsp3) is 0.878. The van der Waals surface area contributed by atoms with E-state index < -0.39 is 75.7 Å². The summed E-state index contributed by atoms with van der Waals surface area (Å²) in [6.45, 7) is 3.30. The normalized spacial score (nSPS) is 21.8. The number of hydrogen-bond donors (Lipinski definition) is 6. The number of hydrogen-bond acceptors (Lipinski definition) is 12. The summed E-state index contributed by atoms with van der Waals surface area (Å²) in [6.07, 6.45) is 30.8. The van der Waals surface area contributed by atoms with Crippen molar-refractivity contribution in [3.63, 3.8) is 0 Å². The number of esters is 2. The third kappa shape index (κ3) is 31.8. The van der Waals surface area contributed by atoms with E-state index in [1.165, 1.54) is 103 Å². The van der Waals surface area contributed by atoms with E-state index in [9.17, 15) is 44.6 Å². The number of aliphatic hydroxyl groups excluding tert-OH is 5. The van der Waals surface area contributed by atoms with Gasteiger partial charge in [-0.15, -0.1) is 0 Å². The summed E-state index contributed by atoms with van der Waals surface area (Å²) in [7, 11) is -5.12. The van der Waals surface area contributed by atoms with E-state index in [1.54, 1.807) is 0 Å². The topological polar surface area (TPSA) is 210 Å². The van der Waals surface area contributed by atoms with Crippen LogP contribution in [0.15, 0.2) is 24.3 Å². The molecular formula is C49H91O13P. The summed E-state index contributed by atoms with van der Waals surface area (Å²) in [5, 5.41) is 50.2. The van der Waals surface area contributed by atoms with Crippen molar-refractivity contribution in [2.75, 3.05) is 13.2 Å². The monoisotopic (exact) mass is 919 g/mol. The van der Waals surface area contributed by atoms with Gasteiger partial charge in [0, 0.05) is 12.8 Å². The second kappa shape index (κ2) is 39.5. The number of allylic oxidation sites excluding steroid dienone is 4. The van der Waals surface area contributed by atoms with Crippen LogP contribution in [-0.2, 0) is 32.7 Å². The quantitative estimate of drug-likeness (QED) is 0.0146. The number of carbonyl (C=O) groups excluding carboxylic acids is 2. The lowest BCUT2D eigenvalue weighted by atomic mass is 9.85. The lowest BCUT2D eigenvalue weighted by molar-refractivity contribution is -0.220. The number of carbonyl (C=O) groups is 2. The maximum Gasteiger partial charge on any atom is 0.472 e. The highest BCUT2D eigenvalue weighted by molar-refractivity contribution is 7.47. The van der Waals surface area contributed by atoms with Gasteiger partial charge in [-0.1, -0.05) is 186 Å². The van der Waals surface area contributed by atoms with Crippen LogP contribution in [0.2, 0.25) is 0 Å². The SMILES string of the molecule is CCCCC/C=C/C/C=C/CCCCCCCCCC(=O)O[C@@H](COC(=O)CCCCCCCCCCCCCCCCCCC)COP(=O)(O)OC1C(O)C(O)C(O)[C@H](O)C1O. The van der Waals surface area contributed by atoms with Crippen LogP contribution in [0.5, 0.6) is 0 Å². The van der Waals surface area contributed by atoms with Crippen LogP contribution >= 0.6 is 7.82 Å². The Morgan fingerprint density at radius 3 is 1.32 bits per heavy atom. The first-order valence-electron chi connectivity index (χ1n) is 25.1. The van der Waals surface area contributed by atoms with Gasteiger partial charge in [-0.2, -0.15) is 0 Å². The standard InChI is InChI=1S/C49H91O13P/c1-3-5-7-9-11-13-15-17-19-21-23-25-27-29-31-33-35-37-42(50)59-39-41(40-60-63(57,58)62-49-47(55)45(53)44(52)46(54)48(49)56)61-43(51)38-36-34-32-30-28-26-24-22-20-18-16-14-12-10-8-6-4-2/h12,14,18,20,41,44-49,52-56H,3-11,13,15-17,19,21-40H2,1-2H3,(H,57,58)/b14-12+,20-18+/t41-,44?,45-,46?,47?,48?,49?/m0/s1. The molecule has 0 saturated heterocycles. The van der Waals surface area contributed by atoms with Crippen molar-refractivity contribution in [1.82, 2.24) is 0 Å². The predicted molar refractivity (Wildman–Crippen MR) is 249 cm³/mol. The second-order valence-electron chi connectivity index (χ2n) is 17.7. The van der Waals surface area contributed by atoms with E-state index in [4.69, 9.17) is 18.5 Å². The van der Waals surface area contributed by atoms with Gasteiger partial charge in [0.2, 0.25) is 0 Å². The summed E-state index contributed by atoms with van der Waals surface area (Å²) in [4.78, 5) is 35.8. The van der Waals surface area contributed by atoms with Gasteiger partial charge < -0.3 is 39.9 Å². The molecular weight excluding hydrogens is 828 g/mol. The number of aliphatic hydroxyl groups is 5. The van der Waals surface area contributed by atoms with Crippen molar-refractivity contribution in [3.8, 4) is 0 Å². The molecule has 63 heavy (non-hydrogen) atoms. The molecule has 8 atom stereocenters. The van der Waals surface area contributed by atoms with E-state index in [1.807, 2.05) is 0 Å².